The molecule has 0 spiro atoms. The lowest BCUT2D eigenvalue weighted by Crippen LogP contribution is -2.42. The lowest BCUT2D eigenvalue weighted by Gasteiger charge is -2.32. The maximum Gasteiger partial charge on any atom is 0.373 e. The average Bonchev–Trinajstić information content (AvgIpc) is 4.13. The normalized spacial score (nSPS) is 13.7. The molecular formula is C50H60Cl2N16O5. The molecule has 0 radical (unpaired) electrons. The molecule has 6 aromatic rings. The van der Waals surface area contributed by atoms with Gasteiger partial charge in [0.05, 0.1) is 58.9 Å². The molecule has 2 aromatic carbocycles. The molecule has 7 N–H and O–H groups in total. The van der Waals surface area contributed by atoms with E-state index in [2.05, 4.69) is 66.5 Å². The lowest BCUT2D eigenvalue weighted by molar-refractivity contribution is -0.191. The van der Waals surface area contributed by atoms with Gasteiger partial charge < -0.3 is 51.3 Å². The Morgan fingerprint density at radius 2 is 1.12 bits per heavy atom. The number of rotatable bonds is 15. The van der Waals surface area contributed by atoms with Crippen molar-refractivity contribution in [2.24, 2.45) is 0 Å². The topological polar surface area (TPSA) is 264 Å². The number of amides is 3. The number of nitrogens with one attached hydrogen (secondary N) is 7. The van der Waals surface area contributed by atoms with Crippen LogP contribution in [0.2, 0.25) is 10.0 Å². The molecule has 3 amide bonds. The molecule has 2 saturated heterocycles. The second-order valence-corrected chi connectivity index (χ2v) is 17.7. The number of hydrogen-bond donors (Lipinski definition) is 7. The zero-order valence-electron chi connectivity index (χ0n) is 41.0. The number of imidazole rings is 2. The van der Waals surface area contributed by atoms with Gasteiger partial charge in [0.1, 0.15) is 11.4 Å². The Balaban J connectivity index is 0.000000222. The molecule has 2 fully saturated rings. The van der Waals surface area contributed by atoms with Gasteiger partial charge in [-0.3, -0.25) is 14.4 Å². The van der Waals surface area contributed by atoms with Gasteiger partial charge in [0.2, 0.25) is 23.7 Å². The number of para-hydroxylation sites is 1. The van der Waals surface area contributed by atoms with Gasteiger partial charge in [0.25, 0.3) is 5.91 Å². The summed E-state index contributed by atoms with van der Waals surface area (Å²) in [6.45, 7) is 4.74. The highest BCUT2D eigenvalue weighted by atomic mass is 35.5. The summed E-state index contributed by atoms with van der Waals surface area (Å²) < 4.78 is 0. The number of benzene rings is 2. The number of likely N-dealkylation sites (tertiary alicyclic amines) is 1. The Kier molecular flexibility index (Phi) is 23.3. The fourth-order valence-electron chi connectivity index (χ4n) is 7.09. The Morgan fingerprint density at radius 1 is 0.671 bits per heavy atom. The molecule has 73 heavy (non-hydrogen) atoms. The van der Waals surface area contributed by atoms with E-state index < -0.39 is 0 Å². The van der Waals surface area contributed by atoms with E-state index in [0.717, 1.165) is 62.4 Å². The summed E-state index contributed by atoms with van der Waals surface area (Å²) in [4.78, 5) is 89.9. The van der Waals surface area contributed by atoms with Crippen LogP contribution in [0.4, 0.5) is 23.3 Å². The van der Waals surface area contributed by atoms with Crippen LogP contribution in [0.25, 0.3) is 22.8 Å². The van der Waals surface area contributed by atoms with Gasteiger partial charge in [0, 0.05) is 67.4 Å². The van der Waals surface area contributed by atoms with E-state index in [4.69, 9.17) is 32.8 Å². The third-order valence-corrected chi connectivity index (χ3v) is 11.3. The van der Waals surface area contributed by atoms with Crippen molar-refractivity contribution in [3.63, 3.8) is 0 Å². The SMILES string of the molecule is CN(C)C/C=C/C(=O)Nc1ccc(C(=O)N2CCC(Nc3ncc(Cl)c(-c4cnc[nH]4)n3)CC2)cc1.CN(C)C/C=C/C(=O)Nc1ccccc1.Clc1cnc(NC2CCNCC2)nc1-c1cnc[nH]1.O=C=O. The number of aromatic nitrogens is 8. The van der Waals surface area contributed by atoms with Gasteiger partial charge in [-0.1, -0.05) is 53.6 Å². The molecule has 8 rings (SSSR count). The third kappa shape index (κ3) is 19.8. The van der Waals surface area contributed by atoms with Crippen LogP contribution in [-0.2, 0) is 19.2 Å². The molecule has 4 aromatic heterocycles. The summed E-state index contributed by atoms with van der Waals surface area (Å²) in [5.74, 6) is 0.778. The van der Waals surface area contributed by atoms with Crippen LogP contribution in [0.1, 0.15) is 36.0 Å². The predicted molar refractivity (Wildman–Crippen MR) is 282 cm³/mol. The molecule has 2 aliphatic rings. The maximum absolute atomic E-state index is 13.0. The van der Waals surface area contributed by atoms with Crippen LogP contribution >= 0.6 is 23.2 Å². The summed E-state index contributed by atoms with van der Waals surface area (Å²) in [7, 11) is 7.78. The van der Waals surface area contributed by atoms with E-state index in [0.29, 0.717) is 70.3 Å². The summed E-state index contributed by atoms with van der Waals surface area (Å²) in [6.07, 6.45) is 20.3. The Morgan fingerprint density at radius 3 is 1.56 bits per heavy atom. The monoisotopic (exact) mass is 1030 g/mol. The molecule has 384 valence electrons. The number of carbonyl (C=O) groups excluding carboxylic acids is 5. The van der Waals surface area contributed by atoms with Gasteiger partial charge in [-0.2, -0.15) is 9.59 Å². The highest BCUT2D eigenvalue weighted by Gasteiger charge is 2.25. The van der Waals surface area contributed by atoms with Crippen molar-refractivity contribution in [3.8, 4) is 22.8 Å². The lowest BCUT2D eigenvalue weighted by atomic mass is 10.0. The summed E-state index contributed by atoms with van der Waals surface area (Å²) in [5, 5.41) is 16.6. The van der Waals surface area contributed by atoms with Crippen molar-refractivity contribution in [1.29, 1.82) is 0 Å². The van der Waals surface area contributed by atoms with E-state index >= 15 is 0 Å². The van der Waals surface area contributed by atoms with Crippen LogP contribution in [0.15, 0.2) is 116 Å². The number of halogens is 2. The summed E-state index contributed by atoms with van der Waals surface area (Å²) >= 11 is 12.4. The molecule has 0 atom stereocenters. The Hall–Kier alpha value is -7.65. The van der Waals surface area contributed by atoms with Crippen LogP contribution in [0.5, 0.6) is 0 Å². The zero-order chi connectivity index (χ0) is 52.4. The van der Waals surface area contributed by atoms with Gasteiger partial charge in [-0.05, 0) is 103 Å². The first-order chi connectivity index (χ1) is 35.3. The molecule has 0 unspecified atom stereocenters. The summed E-state index contributed by atoms with van der Waals surface area (Å²) in [6, 6.07) is 16.9. The van der Waals surface area contributed by atoms with Gasteiger partial charge >= 0.3 is 6.15 Å². The number of H-pyrrole nitrogens is 2. The Labute approximate surface area is 433 Å². The number of likely N-dealkylation sites (N-methyl/N-ethyl adjacent to an activating group) is 2. The smallest absolute Gasteiger partial charge is 0.351 e. The highest BCUT2D eigenvalue weighted by molar-refractivity contribution is 6.33. The van der Waals surface area contributed by atoms with E-state index in [1.54, 1.807) is 73.9 Å². The van der Waals surface area contributed by atoms with Gasteiger partial charge in [-0.15, -0.1) is 0 Å². The largest absolute Gasteiger partial charge is 0.373 e. The molecular weight excluding hydrogens is 976 g/mol. The number of aromatic amines is 2. The minimum Gasteiger partial charge on any atom is -0.351 e. The standard InChI is InChI=1S/C25H29ClN8O2.C12H15ClN6.C12H16N2O.CO2/c1-33(2)11-3-4-22(35)30-18-7-5-17(6-8-18)24(36)34-12-9-19(10-13-34)31-25-28-14-20(26)23(32-25)21-15-27-16-29-21;13-9-5-16-12(18-8-1-3-14-4-2-8)19-11(9)10-6-15-7-17-10;1-14(2)10-6-9-12(15)13-11-7-4-3-5-8-11;2-1-3/h3-8,14-16,19H,9-13H2,1-2H3,(H,27,29)(H,30,35)(H,28,31,32);5-8,14H,1-4H2,(H,15,17)(H,16,18,19);3-9H,10H2,1-2H3,(H,13,15);/b4-3+;;9-6+;. The van der Waals surface area contributed by atoms with Crippen molar-refractivity contribution in [2.45, 2.75) is 37.8 Å². The van der Waals surface area contributed by atoms with Crippen molar-refractivity contribution < 1.29 is 24.0 Å². The van der Waals surface area contributed by atoms with Crippen LogP contribution < -0.4 is 26.6 Å². The number of hydrogen-bond acceptors (Lipinski definition) is 16. The Bertz CT molecular complexity index is 2700. The molecule has 2 aliphatic heterocycles. The average molecular weight is 1040 g/mol. The number of nitrogens with zero attached hydrogens (tertiary/aromatic N) is 9. The minimum atomic E-state index is -0.202. The third-order valence-electron chi connectivity index (χ3n) is 10.7. The van der Waals surface area contributed by atoms with Crippen LogP contribution in [-0.4, -0.2) is 158 Å². The molecule has 6 heterocycles. The van der Waals surface area contributed by atoms with E-state index in [1.165, 1.54) is 6.08 Å². The molecule has 0 aliphatic carbocycles. The minimum absolute atomic E-state index is 0.0264. The number of carbonyl (C=O) groups is 3. The first kappa shape index (κ1) is 56.3. The second-order valence-electron chi connectivity index (χ2n) is 16.9. The number of piperidine rings is 2. The molecule has 23 heteroatoms. The second kappa shape index (κ2) is 30.3. The van der Waals surface area contributed by atoms with Crippen molar-refractivity contribution in [3.05, 3.63) is 132 Å². The first-order valence-corrected chi connectivity index (χ1v) is 24.0. The number of anilines is 4. The van der Waals surface area contributed by atoms with Crippen LogP contribution in [0.3, 0.4) is 0 Å². The fourth-order valence-corrected chi connectivity index (χ4v) is 7.48. The quantitative estimate of drug-likeness (QED) is 0.0570. The maximum atomic E-state index is 13.0. The van der Waals surface area contributed by atoms with Crippen molar-refractivity contribution >= 4 is 70.3 Å². The van der Waals surface area contributed by atoms with E-state index in [9.17, 15) is 14.4 Å². The predicted octanol–water partition coefficient (Wildman–Crippen LogP) is 6.14. The van der Waals surface area contributed by atoms with Gasteiger partial charge in [-0.25, -0.2) is 29.9 Å². The van der Waals surface area contributed by atoms with Gasteiger partial charge in [0.15, 0.2) is 0 Å². The fraction of sp³-hybridized carbons (Fsp3) is 0.320. The van der Waals surface area contributed by atoms with E-state index in [1.807, 2.05) is 79.3 Å². The highest BCUT2D eigenvalue weighted by Crippen LogP contribution is 2.26. The van der Waals surface area contributed by atoms with Crippen LogP contribution in [0, 0.1) is 0 Å². The first-order valence-electron chi connectivity index (χ1n) is 23.3. The summed E-state index contributed by atoms with van der Waals surface area (Å²) in [5.41, 5.74) is 4.82. The molecule has 0 saturated carbocycles. The molecule has 21 nitrogen and oxygen atoms in total. The zero-order valence-corrected chi connectivity index (χ0v) is 42.5. The van der Waals surface area contributed by atoms with Crippen molar-refractivity contribution in [2.75, 3.05) is 88.7 Å². The van der Waals surface area contributed by atoms with Crippen molar-refractivity contribution in [1.82, 2.24) is 59.9 Å². The van der Waals surface area contributed by atoms with E-state index in [-0.39, 0.29) is 29.9 Å². The molecule has 0 bridgehead atoms.